The molecule has 3 aromatic carbocycles. The summed E-state index contributed by atoms with van der Waals surface area (Å²) in [6.45, 7) is -0.300. The van der Waals surface area contributed by atoms with Crippen LogP contribution in [0.3, 0.4) is 0 Å². The highest BCUT2D eigenvalue weighted by Gasteiger charge is 2.41. The van der Waals surface area contributed by atoms with Crippen LogP contribution in [0.1, 0.15) is 16.7 Å². The number of nitrogens with zero attached hydrogens (tertiary/aromatic N) is 1. The SMILES string of the molecule is COc1ccc([N+](=O)[O-])cc1COC(=O)C(O)(c1ccccc1)c1ccccc1. The Kier molecular flexibility index (Phi) is 5.90. The first-order valence-electron chi connectivity index (χ1n) is 8.78. The molecule has 0 saturated heterocycles. The largest absolute Gasteiger partial charge is 0.496 e. The van der Waals surface area contributed by atoms with E-state index in [1.807, 2.05) is 0 Å². The van der Waals surface area contributed by atoms with E-state index in [2.05, 4.69) is 0 Å². The van der Waals surface area contributed by atoms with Crippen molar-refractivity contribution in [3.63, 3.8) is 0 Å². The van der Waals surface area contributed by atoms with E-state index < -0.39 is 16.5 Å². The molecule has 0 aliphatic carbocycles. The van der Waals surface area contributed by atoms with Crippen LogP contribution in [0.5, 0.6) is 5.75 Å². The van der Waals surface area contributed by atoms with Crippen LogP contribution < -0.4 is 4.74 Å². The number of nitro benzene ring substituents is 1. The van der Waals surface area contributed by atoms with Crippen molar-refractivity contribution in [3.05, 3.63) is 106 Å². The van der Waals surface area contributed by atoms with Gasteiger partial charge in [-0.2, -0.15) is 0 Å². The highest BCUT2D eigenvalue weighted by atomic mass is 16.6. The topological polar surface area (TPSA) is 98.9 Å². The Hall–Kier alpha value is -3.71. The Balaban J connectivity index is 1.93. The summed E-state index contributed by atoms with van der Waals surface area (Å²) < 4.78 is 10.6. The van der Waals surface area contributed by atoms with Crippen molar-refractivity contribution in [3.8, 4) is 5.75 Å². The number of hydrogen-bond acceptors (Lipinski definition) is 6. The van der Waals surface area contributed by atoms with E-state index in [-0.39, 0.29) is 12.3 Å². The summed E-state index contributed by atoms with van der Waals surface area (Å²) in [5.41, 5.74) is -1.17. The zero-order valence-corrected chi connectivity index (χ0v) is 15.6. The van der Waals surface area contributed by atoms with Crippen LogP contribution in [0.2, 0.25) is 0 Å². The van der Waals surface area contributed by atoms with Crippen molar-refractivity contribution >= 4 is 11.7 Å². The lowest BCUT2D eigenvalue weighted by atomic mass is 9.86. The Morgan fingerprint density at radius 3 is 2.03 bits per heavy atom. The molecule has 0 bridgehead atoms. The van der Waals surface area contributed by atoms with E-state index in [9.17, 15) is 20.0 Å². The molecule has 0 saturated carbocycles. The molecule has 0 heterocycles. The molecular weight excluding hydrogens is 374 g/mol. The first kappa shape index (κ1) is 20.0. The van der Waals surface area contributed by atoms with Gasteiger partial charge in [-0.1, -0.05) is 60.7 Å². The molecule has 3 rings (SSSR count). The molecule has 7 heteroatoms. The summed E-state index contributed by atoms with van der Waals surface area (Å²) >= 11 is 0. The first-order chi connectivity index (χ1) is 14.0. The quantitative estimate of drug-likeness (QED) is 0.374. The van der Waals surface area contributed by atoms with Crippen LogP contribution in [-0.2, 0) is 21.7 Å². The Labute approximate surface area is 167 Å². The van der Waals surface area contributed by atoms with Gasteiger partial charge in [-0.25, -0.2) is 4.79 Å². The van der Waals surface area contributed by atoms with Crippen LogP contribution in [0.15, 0.2) is 78.9 Å². The van der Waals surface area contributed by atoms with Gasteiger partial charge in [-0.05, 0) is 17.2 Å². The monoisotopic (exact) mass is 393 g/mol. The minimum Gasteiger partial charge on any atom is -0.496 e. The van der Waals surface area contributed by atoms with Crippen molar-refractivity contribution < 1.29 is 24.3 Å². The Morgan fingerprint density at radius 2 is 1.55 bits per heavy atom. The lowest BCUT2D eigenvalue weighted by Gasteiger charge is -2.27. The second kappa shape index (κ2) is 8.53. The van der Waals surface area contributed by atoms with Crippen LogP contribution >= 0.6 is 0 Å². The molecule has 29 heavy (non-hydrogen) atoms. The molecule has 0 spiro atoms. The van der Waals surface area contributed by atoms with Gasteiger partial charge < -0.3 is 14.6 Å². The third-order valence-corrected chi connectivity index (χ3v) is 4.51. The molecular formula is C22H19NO6. The van der Waals surface area contributed by atoms with Crippen molar-refractivity contribution in [2.24, 2.45) is 0 Å². The van der Waals surface area contributed by atoms with Gasteiger partial charge >= 0.3 is 5.97 Å². The average molecular weight is 393 g/mol. The summed E-state index contributed by atoms with van der Waals surface area (Å²) in [5, 5.41) is 22.4. The van der Waals surface area contributed by atoms with Gasteiger partial charge in [0.05, 0.1) is 12.0 Å². The number of hydrogen-bond donors (Lipinski definition) is 1. The molecule has 0 amide bonds. The third-order valence-electron chi connectivity index (χ3n) is 4.51. The number of esters is 1. The number of methoxy groups -OCH3 is 1. The maximum Gasteiger partial charge on any atom is 0.348 e. The number of aliphatic hydroxyl groups is 1. The molecule has 1 N–H and O–H groups in total. The van der Waals surface area contributed by atoms with Gasteiger partial charge in [0.2, 0.25) is 5.60 Å². The van der Waals surface area contributed by atoms with Gasteiger partial charge in [0, 0.05) is 17.7 Å². The highest BCUT2D eigenvalue weighted by molar-refractivity contribution is 5.85. The van der Waals surface area contributed by atoms with Crippen molar-refractivity contribution in [2.45, 2.75) is 12.2 Å². The van der Waals surface area contributed by atoms with Gasteiger partial charge in [-0.15, -0.1) is 0 Å². The van der Waals surface area contributed by atoms with Gasteiger partial charge in [0.25, 0.3) is 5.69 Å². The summed E-state index contributed by atoms with van der Waals surface area (Å²) in [7, 11) is 1.41. The Bertz CT molecular complexity index is 965. The molecule has 0 unspecified atom stereocenters. The average Bonchev–Trinajstić information content (AvgIpc) is 2.77. The molecule has 0 radical (unpaired) electrons. The second-order valence-electron chi connectivity index (χ2n) is 6.27. The Morgan fingerprint density at radius 1 is 1.00 bits per heavy atom. The summed E-state index contributed by atoms with van der Waals surface area (Å²) in [5.74, 6) is -0.560. The summed E-state index contributed by atoms with van der Waals surface area (Å²) in [6, 6.07) is 20.9. The zero-order valence-electron chi connectivity index (χ0n) is 15.6. The van der Waals surface area contributed by atoms with Gasteiger partial charge in [0.15, 0.2) is 0 Å². The van der Waals surface area contributed by atoms with E-state index in [1.165, 1.54) is 25.3 Å². The maximum atomic E-state index is 13.0. The first-order valence-corrected chi connectivity index (χ1v) is 8.78. The van der Waals surface area contributed by atoms with Crippen molar-refractivity contribution in [2.75, 3.05) is 7.11 Å². The molecule has 0 aromatic heterocycles. The highest BCUT2D eigenvalue weighted by Crippen LogP contribution is 2.32. The molecule has 0 aliphatic rings. The smallest absolute Gasteiger partial charge is 0.348 e. The summed E-state index contributed by atoms with van der Waals surface area (Å²) in [4.78, 5) is 23.5. The number of benzene rings is 3. The molecule has 148 valence electrons. The van der Waals surface area contributed by atoms with E-state index >= 15 is 0 Å². The fraction of sp³-hybridized carbons (Fsp3) is 0.136. The molecule has 3 aromatic rings. The fourth-order valence-corrected chi connectivity index (χ4v) is 3.00. The zero-order chi connectivity index (χ0) is 20.9. The van der Waals surface area contributed by atoms with E-state index in [4.69, 9.17) is 9.47 Å². The van der Waals surface area contributed by atoms with Crippen LogP contribution in [0, 0.1) is 10.1 Å². The number of ether oxygens (including phenoxy) is 2. The number of non-ortho nitro benzene ring substituents is 1. The minimum atomic E-state index is -2.03. The van der Waals surface area contributed by atoms with Gasteiger partial charge in [0.1, 0.15) is 12.4 Å². The number of carbonyl (C=O) groups excluding carboxylic acids is 1. The third kappa shape index (κ3) is 4.09. The van der Waals surface area contributed by atoms with Crippen LogP contribution in [0.4, 0.5) is 5.69 Å². The minimum absolute atomic E-state index is 0.154. The molecule has 0 fully saturated rings. The predicted octanol–water partition coefficient (Wildman–Crippen LogP) is 3.58. The van der Waals surface area contributed by atoms with E-state index in [1.54, 1.807) is 60.7 Å². The summed E-state index contributed by atoms with van der Waals surface area (Å²) in [6.07, 6.45) is 0. The van der Waals surface area contributed by atoms with Gasteiger partial charge in [-0.3, -0.25) is 10.1 Å². The number of nitro groups is 1. The molecule has 0 aliphatic heterocycles. The predicted molar refractivity (Wildman–Crippen MR) is 105 cm³/mol. The molecule has 7 nitrogen and oxygen atoms in total. The number of carbonyl (C=O) groups is 1. The van der Waals surface area contributed by atoms with E-state index in [0.29, 0.717) is 22.4 Å². The van der Waals surface area contributed by atoms with Crippen molar-refractivity contribution in [1.29, 1.82) is 0 Å². The molecule has 0 atom stereocenters. The number of rotatable bonds is 7. The lowest BCUT2D eigenvalue weighted by Crippen LogP contribution is -2.38. The van der Waals surface area contributed by atoms with Crippen LogP contribution in [0.25, 0.3) is 0 Å². The standard InChI is InChI=1S/C22H19NO6/c1-28-20-13-12-19(23(26)27)14-16(20)15-29-21(24)22(25,17-8-4-2-5-9-17)18-10-6-3-7-11-18/h2-14,25H,15H2,1H3. The maximum absolute atomic E-state index is 13.0. The van der Waals surface area contributed by atoms with Crippen molar-refractivity contribution in [1.82, 2.24) is 0 Å². The normalized spacial score (nSPS) is 11.0. The van der Waals surface area contributed by atoms with E-state index in [0.717, 1.165) is 0 Å². The lowest BCUT2D eigenvalue weighted by molar-refractivity contribution is -0.385. The second-order valence-corrected chi connectivity index (χ2v) is 6.27. The van der Waals surface area contributed by atoms with Crippen LogP contribution in [-0.4, -0.2) is 23.1 Å². The fourth-order valence-electron chi connectivity index (χ4n) is 3.00.